The van der Waals surface area contributed by atoms with E-state index in [-0.39, 0.29) is 11.7 Å². The van der Waals surface area contributed by atoms with E-state index in [0.717, 1.165) is 93.2 Å². The highest BCUT2D eigenvalue weighted by molar-refractivity contribution is 6.31. The van der Waals surface area contributed by atoms with Gasteiger partial charge in [-0.05, 0) is 82.9 Å². The van der Waals surface area contributed by atoms with Gasteiger partial charge in [-0.25, -0.2) is 0 Å². The molecule has 0 fully saturated rings. The minimum Gasteiger partial charge on any atom is -0.490 e. The molecule has 10 heteroatoms. The topological polar surface area (TPSA) is 119 Å². The fourth-order valence-corrected chi connectivity index (χ4v) is 6.48. The van der Waals surface area contributed by atoms with Crippen LogP contribution in [0.15, 0.2) is 30.3 Å². The lowest BCUT2D eigenvalue weighted by molar-refractivity contribution is -0.132. The molecule has 0 atom stereocenters. The Hall–Kier alpha value is -4.73. The number of carbonyl (C=O) groups is 3. The highest BCUT2D eigenvalue weighted by Crippen LogP contribution is 2.51. The van der Waals surface area contributed by atoms with Crippen LogP contribution in [0.1, 0.15) is 126 Å². The van der Waals surface area contributed by atoms with Crippen molar-refractivity contribution in [2.75, 3.05) is 31.7 Å². The van der Waals surface area contributed by atoms with Crippen molar-refractivity contribution in [3.05, 3.63) is 30.3 Å². The molecule has 0 unspecified atom stereocenters. The first-order valence-corrected chi connectivity index (χ1v) is 19.9. The molecule has 0 spiro atoms. The molecule has 0 saturated carbocycles. The normalized spacial score (nSPS) is 11.2. The van der Waals surface area contributed by atoms with Crippen molar-refractivity contribution in [1.29, 1.82) is 0 Å². The van der Waals surface area contributed by atoms with Gasteiger partial charge >= 0.3 is 11.9 Å². The number of fused-ring (bicyclic) bond motifs is 6. The third-order valence-electron chi connectivity index (χ3n) is 9.09. The molecule has 0 radical (unpaired) electrons. The molecule has 1 N–H and O–H groups in total. The number of benzene rings is 4. The van der Waals surface area contributed by atoms with Crippen LogP contribution in [0.2, 0.25) is 0 Å². The number of esters is 2. The maximum atomic E-state index is 13.0. The van der Waals surface area contributed by atoms with Crippen LogP contribution in [-0.2, 0) is 14.4 Å². The minimum atomic E-state index is -0.555. The van der Waals surface area contributed by atoms with Crippen LogP contribution >= 0.6 is 0 Å². The first-order chi connectivity index (χ1) is 26.1. The van der Waals surface area contributed by atoms with Gasteiger partial charge in [-0.2, -0.15) is 0 Å². The lowest BCUT2D eigenvalue weighted by Crippen LogP contribution is -2.12. The van der Waals surface area contributed by atoms with E-state index in [1.165, 1.54) is 20.8 Å². The summed E-state index contributed by atoms with van der Waals surface area (Å²) in [5.74, 6) is 0.932. The van der Waals surface area contributed by atoms with Crippen LogP contribution in [-0.4, -0.2) is 44.3 Å². The summed E-state index contributed by atoms with van der Waals surface area (Å²) in [6, 6.07) is 9.45. The average Bonchev–Trinajstić information content (AvgIpc) is 3.13. The van der Waals surface area contributed by atoms with Crippen LogP contribution in [0.3, 0.4) is 0 Å². The molecule has 0 aromatic heterocycles. The van der Waals surface area contributed by atoms with Gasteiger partial charge < -0.3 is 33.7 Å². The SMILES string of the molecule is CCCCCOc1cc2c3cc(OC(C)=O)c(OCCCCC)cc3c3cc(OCCCCC)c(OC(C)=O)c(NC(C)=O)c3c2cc1OCCCCC. The van der Waals surface area contributed by atoms with Gasteiger partial charge in [0.2, 0.25) is 5.91 Å². The Balaban J connectivity index is 2.18. The van der Waals surface area contributed by atoms with Gasteiger partial charge in [-0.15, -0.1) is 0 Å². The largest absolute Gasteiger partial charge is 0.490 e. The first kappa shape index (κ1) is 42.0. The van der Waals surface area contributed by atoms with Gasteiger partial charge in [0.1, 0.15) is 0 Å². The molecule has 10 nitrogen and oxygen atoms in total. The van der Waals surface area contributed by atoms with E-state index in [1.54, 1.807) is 0 Å². The Kier molecular flexibility index (Phi) is 16.5. The summed E-state index contributed by atoms with van der Waals surface area (Å²) in [6.45, 7) is 14.5. The number of hydrogen-bond donors (Lipinski definition) is 1. The summed E-state index contributed by atoms with van der Waals surface area (Å²) in [6.07, 6.45) is 11.5. The van der Waals surface area contributed by atoms with E-state index < -0.39 is 11.9 Å². The average molecular weight is 746 g/mol. The fourth-order valence-electron chi connectivity index (χ4n) is 6.48. The Labute approximate surface area is 320 Å². The molecule has 0 bridgehead atoms. The standard InChI is InChI=1S/C44H59NO9/c1-8-12-16-20-49-37-24-33-32-26-40(53-30(6)47)39(51-22-18-14-10-3)25-34(32)36-28-41(52-23-19-15-11-4)44(54-31(7)48)43(45-29(5)46)42(36)35(33)27-38(37)50-21-17-13-9-2/h24-28H,8-23H2,1-7H3,(H,45,46). The lowest BCUT2D eigenvalue weighted by atomic mass is 9.91. The van der Waals surface area contributed by atoms with Gasteiger partial charge in [-0.1, -0.05) is 79.1 Å². The summed E-state index contributed by atoms with van der Waals surface area (Å²) in [5, 5.41) is 7.31. The van der Waals surface area contributed by atoms with Crippen LogP contribution < -0.4 is 33.7 Å². The summed E-state index contributed by atoms with van der Waals surface area (Å²) >= 11 is 0. The van der Waals surface area contributed by atoms with Crippen molar-refractivity contribution in [2.24, 2.45) is 0 Å². The van der Waals surface area contributed by atoms with E-state index in [0.29, 0.717) is 77.0 Å². The highest BCUT2D eigenvalue weighted by Gasteiger charge is 2.26. The molecule has 0 aliphatic carbocycles. The molecular formula is C44H59NO9. The molecule has 294 valence electrons. The van der Waals surface area contributed by atoms with Crippen LogP contribution in [0.4, 0.5) is 5.69 Å². The number of rotatable bonds is 23. The van der Waals surface area contributed by atoms with Gasteiger partial charge in [-0.3, -0.25) is 14.4 Å². The van der Waals surface area contributed by atoms with Gasteiger partial charge in [0.25, 0.3) is 0 Å². The molecule has 54 heavy (non-hydrogen) atoms. The maximum Gasteiger partial charge on any atom is 0.308 e. The molecule has 4 aromatic carbocycles. The van der Waals surface area contributed by atoms with E-state index in [1.807, 2.05) is 30.3 Å². The van der Waals surface area contributed by atoms with Crippen molar-refractivity contribution in [3.63, 3.8) is 0 Å². The summed E-state index contributed by atoms with van der Waals surface area (Å²) in [4.78, 5) is 38.0. The predicted molar refractivity (Wildman–Crippen MR) is 216 cm³/mol. The van der Waals surface area contributed by atoms with Crippen LogP contribution in [0, 0.1) is 0 Å². The van der Waals surface area contributed by atoms with E-state index in [4.69, 9.17) is 28.4 Å². The van der Waals surface area contributed by atoms with Crippen molar-refractivity contribution in [1.82, 2.24) is 0 Å². The first-order valence-electron chi connectivity index (χ1n) is 19.9. The zero-order valence-electron chi connectivity index (χ0n) is 33.4. The van der Waals surface area contributed by atoms with Crippen molar-refractivity contribution in [3.8, 4) is 34.5 Å². The van der Waals surface area contributed by atoms with Crippen LogP contribution in [0.5, 0.6) is 34.5 Å². The summed E-state index contributed by atoms with van der Waals surface area (Å²) in [5.41, 5.74) is 0.301. The molecule has 4 rings (SSSR count). The van der Waals surface area contributed by atoms with E-state index in [2.05, 4.69) is 33.0 Å². The van der Waals surface area contributed by atoms with Crippen molar-refractivity contribution >= 4 is 55.9 Å². The molecule has 0 saturated heterocycles. The highest BCUT2D eigenvalue weighted by atomic mass is 16.6. The Morgan fingerprint density at radius 2 is 0.815 bits per heavy atom. The number of anilines is 1. The second-order valence-electron chi connectivity index (χ2n) is 13.8. The van der Waals surface area contributed by atoms with Crippen LogP contribution in [0.25, 0.3) is 32.3 Å². The third-order valence-corrected chi connectivity index (χ3v) is 9.09. The third kappa shape index (κ3) is 11.1. The molecule has 1 amide bonds. The van der Waals surface area contributed by atoms with Crippen molar-refractivity contribution < 1.29 is 42.8 Å². The zero-order valence-corrected chi connectivity index (χ0v) is 33.4. The number of hydrogen-bond acceptors (Lipinski definition) is 9. The molecule has 4 aromatic rings. The number of nitrogens with one attached hydrogen (secondary N) is 1. The van der Waals surface area contributed by atoms with Gasteiger partial charge in [0, 0.05) is 26.2 Å². The minimum absolute atomic E-state index is 0.125. The van der Waals surface area contributed by atoms with E-state index >= 15 is 0 Å². The molecule has 0 aliphatic heterocycles. The fraction of sp³-hybridized carbons (Fsp3) is 0.523. The Morgan fingerprint density at radius 3 is 1.22 bits per heavy atom. The Bertz CT molecular complexity index is 1880. The molecular weight excluding hydrogens is 686 g/mol. The molecule has 0 heterocycles. The smallest absolute Gasteiger partial charge is 0.308 e. The summed E-state index contributed by atoms with van der Waals surface area (Å²) in [7, 11) is 0. The number of amides is 1. The number of ether oxygens (including phenoxy) is 6. The monoisotopic (exact) mass is 745 g/mol. The van der Waals surface area contributed by atoms with Gasteiger partial charge in [0.15, 0.2) is 34.5 Å². The predicted octanol–water partition coefficient (Wildman–Crippen LogP) is 11.2. The van der Waals surface area contributed by atoms with E-state index in [9.17, 15) is 14.4 Å². The Morgan fingerprint density at radius 1 is 0.463 bits per heavy atom. The maximum absolute atomic E-state index is 13.0. The zero-order chi connectivity index (χ0) is 39.0. The number of carbonyl (C=O) groups excluding carboxylic acids is 3. The lowest BCUT2D eigenvalue weighted by Gasteiger charge is -2.22. The second kappa shape index (κ2) is 21.2. The quantitative estimate of drug-likeness (QED) is 0.0342. The van der Waals surface area contributed by atoms with Crippen molar-refractivity contribution in [2.45, 2.75) is 126 Å². The molecule has 0 aliphatic rings. The van der Waals surface area contributed by atoms with Gasteiger partial charge in [0.05, 0.1) is 32.1 Å². The summed E-state index contributed by atoms with van der Waals surface area (Å²) < 4.78 is 37.1. The number of unbranched alkanes of at least 4 members (excludes halogenated alkanes) is 8. The second-order valence-corrected chi connectivity index (χ2v) is 13.8.